The molecule has 182 valence electrons. The van der Waals surface area contributed by atoms with Gasteiger partial charge in [-0.1, -0.05) is 37.6 Å². The molecule has 0 amide bonds. The number of aromatic nitrogens is 2. The number of carbonyl (C=O) groups is 1. The lowest BCUT2D eigenvalue weighted by Crippen LogP contribution is -2.20. The highest BCUT2D eigenvalue weighted by atomic mass is 35.5. The number of anilines is 1. The van der Waals surface area contributed by atoms with Crippen LogP contribution in [0.15, 0.2) is 54.9 Å². The van der Waals surface area contributed by atoms with E-state index >= 15 is 4.39 Å². The molecule has 2 aromatic heterocycles. The van der Waals surface area contributed by atoms with Gasteiger partial charge in [-0.2, -0.15) is 0 Å². The number of rotatable bonds is 8. The summed E-state index contributed by atoms with van der Waals surface area (Å²) in [5.41, 5.74) is 0.484. The first-order chi connectivity index (χ1) is 16.6. The van der Waals surface area contributed by atoms with Gasteiger partial charge < -0.3 is 4.98 Å². The molecule has 2 aromatic carbocycles. The maximum absolute atomic E-state index is 15.3. The number of hydrogen-bond acceptors (Lipinski definition) is 4. The maximum atomic E-state index is 15.3. The Labute approximate surface area is 206 Å². The number of pyridine rings is 1. The Morgan fingerprint density at radius 1 is 1.11 bits per heavy atom. The predicted octanol–water partition coefficient (Wildman–Crippen LogP) is 6.18. The number of nitrogens with one attached hydrogen (secondary N) is 2. The van der Waals surface area contributed by atoms with Crippen molar-refractivity contribution in [2.24, 2.45) is 5.92 Å². The Morgan fingerprint density at radius 3 is 2.51 bits per heavy atom. The SMILES string of the molecule is CC(C)CCS(=O)(=O)Nc1ccc(F)c(C(=O)c2c[nH]c3ncc(-c4ccc(Cl)cc4)cc23)c1F. The fraction of sp³-hybridized carbons (Fsp3) is 0.200. The summed E-state index contributed by atoms with van der Waals surface area (Å²) in [7, 11) is -3.88. The van der Waals surface area contributed by atoms with E-state index in [1.54, 1.807) is 36.5 Å². The van der Waals surface area contributed by atoms with E-state index in [9.17, 15) is 17.6 Å². The molecule has 4 rings (SSSR count). The molecule has 0 atom stereocenters. The summed E-state index contributed by atoms with van der Waals surface area (Å²) in [4.78, 5) is 20.4. The number of carbonyl (C=O) groups excluding carboxylic acids is 1. The van der Waals surface area contributed by atoms with E-state index in [1.165, 1.54) is 6.20 Å². The lowest BCUT2D eigenvalue weighted by molar-refractivity contribution is 0.103. The summed E-state index contributed by atoms with van der Waals surface area (Å²) in [5, 5.41) is 0.926. The number of halogens is 3. The first kappa shape index (κ1) is 24.8. The minimum absolute atomic E-state index is 0.000860. The summed E-state index contributed by atoms with van der Waals surface area (Å²) in [6, 6.07) is 10.5. The van der Waals surface area contributed by atoms with Crippen LogP contribution < -0.4 is 4.72 Å². The third-order valence-corrected chi connectivity index (χ3v) is 7.06. The van der Waals surface area contributed by atoms with Gasteiger partial charge in [0.05, 0.1) is 17.0 Å². The van der Waals surface area contributed by atoms with Crippen LogP contribution in [0.1, 0.15) is 36.2 Å². The molecule has 35 heavy (non-hydrogen) atoms. The standard InChI is InChI=1S/C25H22ClF2N3O3S/c1-14(2)9-10-35(33,34)31-21-8-7-20(27)22(23(21)28)24(32)19-13-30-25-18(19)11-16(12-29-25)15-3-5-17(26)6-4-15/h3-8,11-14,31H,9-10H2,1-2H3,(H,29,30). The number of fused-ring (bicyclic) bond motifs is 1. The van der Waals surface area contributed by atoms with Crippen molar-refractivity contribution in [2.45, 2.75) is 20.3 Å². The zero-order chi connectivity index (χ0) is 25.3. The van der Waals surface area contributed by atoms with Gasteiger partial charge in [-0.25, -0.2) is 22.2 Å². The van der Waals surface area contributed by atoms with Gasteiger partial charge in [0.2, 0.25) is 15.8 Å². The van der Waals surface area contributed by atoms with Gasteiger partial charge in [0, 0.05) is 33.9 Å². The van der Waals surface area contributed by atoms with Crippen LogP contribution in [0.4, 0.5) is 14.5 Å². The highest BCUT2D eigenvalue weighted by molar-refractivity contribution is 7.92. The maximum Gasteiger partial charge on any atom is 0.232 e. The van der Waals surface area contributed by atoms with Gasteiger partial charge in [0.25, 0.3) is 0 Å². The Morgan fingerprint density at radius 2 is 1.83 bits per heavy atom. The molecule has 2 N–H and O–H groups in total. The van der Waals surface area contributed by atoms with E-state index < -0.39 is 38.7 Å². The van der Waals surface area contributed by atoms with Crippen LogP contribution in [-0.4, -0.2) is 29.9 Å². The second kappa shape index (κ2) is 9.75. The van der Waals surface area contributed by atoms with Crippen LogP contribution in [-0.2, 0) is 10.0 Å². The first-order valence-corrected chi connectivity index (χ1v) is 12.8. The van der Waals surface area contributed by atoms with Crippen molar-refractivity contribution in [2.75, 3.05) is 10.5 Å². The topological polar surface area (TPSA) is 91.9 Å². The second-order valence-corrected chi connectivity index (χ2v) is 10.8. The first-order valence-electron chi connectivity index (χ1n) is 10.8. The van der Waals surface area contributed by atoms with Gasteiger partial charge in [-0.15, -0.1) is 0 Å². The molecule has 0 radical (unpaired) electrons. The van der Waals surface area contributed by atoms with Crippen LogP contribution >= 0.6 is 11.6 Å². The van der Waals surface area contributed by atoms with E-state index in [-0.39, 0.29) is 17.2 Å². The fourth-order valence-corrected chi connectivity index (χ4v) is 5.08. The van der Waals surface area contributed by atoms with Crippen molar-refractivity contribution in [1.29, 1.82) is 0 Å². The lowest BCUT2D eigenvalue weighted by atomic mass is 10.00. The van der Waals surface area contributed by atoms with Crippen LogP contribution in [0, 0.1) is 17.6 Å². The third kappa shape index (κ3) is 5.36. The largest absolute Gasteiger partial charge is 0.345 e. The molecule has 0 fully saturated rings. The molecular formula is C25H22ClF2N3O3S. The molecule has 0 unspecified atom stereocenters. The Bertz CT molecular complexity index is 1520. The van der Waals surface area contributed by atoms with Crippen molar-refractivity contribution in [1.82, 2.24) is 9.97 Å². The van der Waals surface area contributed by atoms with Crippen LogP contribution in [0.25, 0.3) is 22.2 Å². The molecule has 2 heterocycles. The van der Waals surface area contributed by atoms with Gasteiger partial charge in [-0.05, 0) is 48.2 Å². The second-order valence-electron chi connectivity index (χ2n) is 8.55. The van der Waals surface area contributed by atoms with E-state index in [1.807, 2.05) is 13.8 Å². The van der Waals surface area contributed by atoms with Gasteiger partial charge in [0.1, 0.15) is 11.5 Å². The number of benzene rings is 2. The summed E-state index contributed by atoms with van der Waals surface area (Å²) in [5.74, 6) is -3.43. The number of hydrogen-bond donors (Lipinski definition) is 2. The van der Waals surface area contributed by atoms with Crippen LogP contribution in [0.2, 0.25) is 5.02 Å². The number of ketones is 1. The monoisotopic (exact) mass is 517 g/mol. The van der Waals surface area contributed by atoms with Gasteiger partial charge in [0.15, 0.2) is 5.82 Å². The minimum atomic E-state index is -3.88. The van der Waals surface area contributed by atoms with Crippen molar-refractivity contribution in [3.05, 3.63) is 82.6 Å². The van der Waals surface area contributed by atoms with E-state index in [2.05, 4.69) is 14.7 Å². The molecular weight excluding hydrogens is 496 g/mol. The van der Waals surface area contributed by atoms with Crippen molar-refractivity contribution >= 4 is 44.1 Å². The molecule has 0 aliphatic carbocycles. The number of nitrogens with zero attached hydrogens (tertiary/aromatic N) is 1. The van der Waals surface area contributed by atoms with E-state index in [0.29, 0.717) is 28.0 Å². The van der Waals surface area contributed by atoms with E-state index in [0.717, 1.165) is 17.7 Å². The highest BCUT2D eigenvalue weighted by Crippen LogP contribution is 2.30. The summed E-state index contributed by atoms with van der Waals surface area (Å²) < 4.78 is 56.7. The predicted molar refractivity (Wildman–Crippen MR) is 133 cm³/mol. The Balaban J connectivity index is 1.72. The Kier molecular flexibility index (Phi) is 6.91. The third-order valence-electron chi connectivity index (χ3n) is 5.50. The fourth-order valence-electron chi connectivity index (χ4n) is 3.57. The zero-order valence-electron chi connectivity index (χ0n) is 18.9. The summed E-state index contributed by atoms with van der Waals surface area (Å²) >= 11 is 5.95. The molecule has 4 aromatic rings. The number of sulfonamides is 1. The Hall–Kier alpha value is -3.30. The van der Waals surface area contributed by atoms with E-state index in [4.69, 9.17) is 11.6 Å². The minimum Gasteiger partial charge on any atom is -0.345 e. The molecule has 0 spiro atoms. The molecule has 0 bridgehead atoms. The number of H-pyrrole nitrogens is 1. The normalized spacial score (nSPS) is 11.8. The molecule has 0 aliphatic heterocycles. The molecule has 0 saturated carbocycles. The molecule has 10 heteroatoms. The quantitative estimate of drug-likeness (QED) is 0.273. The van der Waals surface area contributed by atoms with Crippen molar-refractivity contribution in [3.8, 4) is 11.1 Å². The molecule has 6 nitrogen and oxygen atoms in total. The van der Waals surface area contributed by atoms with Crippen LogP contribution in [0.5, 0.6) is 0 Å². The summed E-state index contributed by atoms with van der Waals surface area (Å²) in [6.07, 6.45) is 3.29. The molecule has 0 saturated heterocycles. The van der Waals surface area contributed by atoms with Crippen molar-refractivity contribution < 1.29 is 22.0 Å². The number of aromatic amines is 1. The highest BCUT2D eigenvalue weighted by Gasteiger charge is 2.26. The van der Waals surface area contributed by atoms with Crippen LogP contribution in [0.3, 0.4) is 0 Å². The van der Waals surface area contributed by atoms with Crippen molar-refractivity contribution in [3.63, 3.8) is 0 Å². The zero-order valence-corrected chi connectivity index (χ0v) is 20.5. The lowest BCUT2D eigenvalue weighted by Gasteiger charge is -2.12. The summed E-state index contributed by atoms with van der Waals surface area (Å²) in [6.45, 7) is 3.72. The van der Waals surface area contributed by atoms with Gasteiger partial charge >= 0.3 is 0 Å². The van der Waals surface area contributed by atoms with Gasteiger partial charge in [-0.3, -0.25) is 9.52 Å². The molecule has 0 aliphatic rings. The smallest absolute Gasteiger partial charge is 0.232 e. The average Bonchev–Trinajstić information content (AvgIpc) is 3.23. The average molecular weight is 518 g/mol.